The first kappa shape index (κ1) is 12.1. The summed E-state index contributed by atoms with van der Waals surface area (Å²) >= 11 is 4.29. The summed E-state index contributed by atoms with van der Waals surface area (Å²) < 4.78 is 5.88. The van der Waals surface area contributed by atoms with Crippen LogP contribution in [0.5, 0.6) is 0 Å². The van der Waals surface area contributed by atoms with Crippen LogP contribution in [0, 0.1) is 6.92 Å². The van der Waals surface area contributed by atoms with Gasteiger partial charge in [0, 0.05) is 15.9 Å². The molecule has 0 bridgehead atoms. The molecule has 0 amide bonds. The predicted molar refractivity (Wildman–Crippen MR) is 82.8 cm³/mol. The molecule has 0 saturated heterocycles. The largest absolute Gasteiger partial charge is 0.456 e. The minimum absolute atomic E-state index is 0.813. The Morgan fingerprint density at radius 2 is 1.79 bits per heavy atom. The van der Waals surface area contributed by atoms with Gasteiger partial charge < -0.3 is 4.42 Å². The zero-order valence-electron chi connectivity index (χ0n) is 10.7. The molecular weight excluding hydrogens is 252 g/mol. The lowest BCUT2D eigenvalue weighted by molar-refractivity contribution is 0.600. The maximum Gasteiger partial charge on any atom is 0.135 e. The molecule has 0 spiro atoms. The third-order valence-corrected chi connectivity index (χ3v) is 3.49. The summed E-state index contributed by atoms with van der Waals surface area (Å²) in [6.07, 6.45) is 0. The van der Waals surface area contributed by atoms with Gasteiger partial charge in [-0.15, -0.1) is 12.6 Å². The van der Waals surface area contributed by atoms with Crippen LogP contribution in [0.4, 0.5) is 0 Å². The van der Waals surface area contributed by atoms with Gasteiger partial charge in [0.05, 0.1) is 0 Å². The molecule has 2 heteroatoms. The van der Waals surface area contributed by atoms with Gasteiger partial charge in [-0.2, -0.15) is 0 Å². The molecule has 0 fully saturated rings. The van der Waals surface area contributed by atoms with Crippen molar-refractivity contribution in [2.75, 3.05) is 0 Å². The zero-order chi connectivity index (χ0) is 13.4. The third kappa shape index (κ3) is 2.32. The second-order valence-electron chi connectivity index (χ2n) is 4.68. The summed E-state index contributed by atoms with van der Waals surface area (Å²) in [6.45, 7) is 6.18. The van der Waals surface area contributed by atoms with Gasteiger partial charge in [-0.3, -0.25) is 0 Å². The van der Waals surface area contributed by atoms with Gasteiger partial charge in [0.15, 0.2) is 0 Å². The van der Waals surface area contributed by atoms with Crippen LogP contribution in [0.25, 0.3) is 16.5 Å². The fraction of sp³-hybridized carbons (Fsp3) is 0.0588. The lowest BCUT2D eigenvalue weighted by Crippen LogP contribution is -1.82. The van der Waals surface area contributed by atoms with E-state index >= 15 is 0 Å². The van der Waals surface area contributed by atoms with Gasteiger partial charge >= 0.3 is 0 Å². The van der Waals surface area contributed by atoms with Gasteiger partial charge in [-0.25, -0.2) is 0 Å². The van der Waals surface area contributed by atoms with Crippen LogP contribution < -0.4 is 0 Å². The highest BCUT2D eigenvalue weighted by Gasteiger charge is 2.09. The molecular formula is C17H14OS. The first-order valence-electron chi connectivity index (χ1n) is 6.12. The summed E-state index contributed by atoms with van der Waals surface area (Å²) in [4.78, 5) is 0.941. The summed E-state index contributed by atoms with van der Waals surface area (Å²) in [5.41, 5.74) is 4.04. The maximum absolute atomic E-state index is 5.88. The van der Waals surface area contributed by atoms with Crippen LogP contribution in [0.1, 0.15) is 16.9 Å². The van der Waals surface area contributed by atoms with Crippen molar-refractivity contribution in [3.63, 3.8) is 0 Å². The second kappa shape index (κ2) is 4.63. The van der Waals surface area contributed by atoms with Crippen LogP contribution in [-0.4, -0.2) is 0 Å². The molecule has 0 aliphatic heterocycles. The molecule has 3 rings (SSSR count). The van der Waals surface area contributed by atoms with Gasteiger partial charge in [-0.05, 0) is 42.3 Å². The molecule has 0 N–H and O–H groups in total. The highest BCUT2D eigenvalue weighted by molar-refractivity contribution is 7.80. The average Bonchev–Trinajstić information content (AvgIpc) is 2.81. The normalized spacial score (nSPS) is 10.8. The first-order chi connectivity index (χ1) is 9.13. The molecule has 2 aromatic carbocycles. The molecule has 3 aromatic rings. The standard InChI is InChI=1S/C17H14OS/c1-11-3-4-14-10-16(18-17(14)9-11)12(2)13-5-7-15(19)8-6-13/h3-10,19H,2H2,1H3. The number of hydrogen-bond acceptors (Lipinski definition) is 2. The highest BCUT2D eigenvalue weighted by Crippen LogP contribution is 2.28. The Bertz CT molecular complexity index is 751. The van der Waals surface area contributed by atoms with E-state index < -0.39 is 0 Å². The number of aryl methyl sites for hydroxylation is 1. The summed E-state index contributed by atoms with van der Waals surface area (Å²) in [5, 5.41) is 1.10. The van der Waals surface area contributed by atoms with Crippen LogP contribution in [0.2, 0.25) is 0 Å². The topological polar surface area (TPSA) is 13.1 Å². The van der Waals surface area contributed by atoms with Crippen molar-refractivity contribution >= 4 is 29.2 Å². The molecule has 0 unspecified atom stereocenters. The predicted octanol–water partition coefficient (Wildman–Crippen LogP) is 5.09. The lowest BCUT2D eigenvalue weighted by Gasteiger charge is -2.02. The molecule has 0 radical (unpaired) electrons. The van der Waals surface area contributed by atoms with E-state index in [0.29, 0.717) is 0 Å². The van der Waals surface area contributed by atoms with Gasteiger partial charge in [0.25, 0.3) is 0 Å². The molecule has 0 aliphatic rings. The number of rotatable bonds is 2. The average molecular weight is 266 g/mol. The Kier molecular flexibility index (Phi) is 2.96. The van der Waals surface area contributed by atoms with Crippen molar-refractivity contribution in [2.24, 2.45) is 0 Å². The summed E-state index contributed by atoms with van der Waals surface area (Å²) in [5.74, 6) is 0.813. The van der Waals surface area contributed by atoms with Crippen molar-refractivity contribution in [3.8, 4) is 0 Å². The first-order valence-corrected chi connectivity index (χ1v) is 6.57. The SMILES string of the molecule is C=C(c1ccc(S)cc1)c1cc2ccc(C)cc2o1. The fourth-order valence-corrected chi connectivity index (χ4v) is 2.24. The van der Waals surface area contributed by atoms with E-state index in [1.54, 1.807) is 0 Å². The molecule has 1 aromatic heterocycles. The van der Waals surface area contributed by atoms with Gasteiger partial charge in [-0.1, -0.05) is 30.8 Å². The van der Waals surface area contributed by atoms with E-state index in [4.69, 9.17) is 4.42 Å². The molecule has 0 saturated carbocycles. The van der Waals surface area contributed by atoms with E-state index in [1.165, 1.54) is 5.56 Å². The van der Waals surface area contributed by atoms with E-state index in [2.05, 4.69) is 38.3 Å². The van der Waals surface area contributed by atoms with E-state index in [1.807, 2.05) is 36.4 Å². The minimum Gasteiger partial charge on any atom is -0.456 e. The summed E-state index contributed by atoms with van der Waals surface area (Å²) in [6, 6.07) is 16.1. The Hall–Kier alpha value is -1.93. The monoisotopic (exact) mass is 266 g/mol. The van der Waals surface area contributed by atoms with Crippen LogP contribution in [-0.2, 0) is 0 Å². The molecule has 0 aliphatic carbocycles. The van der Waals surface area contributed by atoms with Crippen molar-refractivity contribution in [1.82, 2.24) is 0 Å². The quantitative estimate of drug-likeness (QED) is 0.637. The summed E-state index contributed by atoms with van der Waals surface area (Å²) in [7, 11) is 0. The van der Waals surface area contributed by atoms with Crippen LogP contribution in [0.3, 0.4) is 0 Å². The molecule has 0 atom stereocenters. The molecule has 1 heterocycles. The van der Waals surface area contributed by atoms with Crippen LogP contribution >= 0.6 is 12.6 Å². The number of fused-ring (bicyclic) bond motifs is 1. The second-order valence-corrected chi connectivity index (χ2v) is 5.19. The van der Waals surface area contributed by atoms with E-state index in [-0.39, 0.29) is 0 Å². The zero-order valence-corrected chi connectivity index (χ0v) is 11.6. The van der Waals surface area contributed by atoms with Crippen molar-refractivity contribution in [3.05, 3.63) is 72.0 Å². The lowest BCUT2D eigenvalue weighted by atomic mass is 10.1. The van der Waals surface area contributed by atoms with Crippen LogP contribution in [0.15, 0.2) is 64.4 Å². The number of benzene rings is 2. The Morgan fingerprint density at radius 3 is 2.53 bits per heavy atom. The minimum atomic E-state index is 0.813. The van der Waals surface area contributed by atoms with E-state index in [9.17, 15) is 0 Å². The van der Waals surface area contributed by atoms with Crippen molar-refractivity contribution < 1.29 is 4.42 Å². The Morgan fingerprint density at radius 1 is 1.05 bits per heavy atom. The van der Waals surface area contributed by atoms with Gasteiger partial charge in [0.1, 0.15) is 11.3 Å². The fourth-order valence-electron chi connectivity index (χ4n) is 2.09. The van der Waals surface area contributed by atoms with Crippen molar-refractivity contribution in [1.29, 1.82) is 0 Å². The molecule has 94 valence electrons. The molecule has 19 heavy (non-hydrogen) atoms. The number of thiol groups is 1. The van der Waals surface area contributed by atoms with E-state index in [0.717, 1.165) is 32.8 Å². The Balaban J connectivity index is 2.04. The highest BCUT2D eigenvalue weighted by atomic mass is 32.1. The van der Waals surface area contributed by atoms with Crippen molar-refractivity contribution in [2.45, 2.75) is 11.8 Å². The smallest absolute Gasteiger partial charge is 0.135 e. The van der Waals surface area contributed by atoms with Gasteiger partial charge in [0.2, 0.25) is 0 Å². The number of hydrogen-bond donors (Lipinski definition) is 1. The molecule has 1 nitrogen and oxygen atoms in total. The maximum atomic E-state index is 5.88. The Labute approximate surface area is 118 Å². The number of furan rings is 1. The third-order valence-electron chi connectivity index (χ3n) is 3.19.